The molecule has 3 amide bonds. The Morgan fingerprint density at radius 3 is 1.55 bits per heavy atom. The fourth-order valence-electron chi connectivity index (χ4n) is 10.1. The van der Waals surface area contributed by atoms with Crippen LogP contribution < -0.4 is 27.4 Å². The zero-order chi connectivity index (χ0) is 58.0. The number of piperidine rings is 2. The molecule has 29 heteroatoms. The number of nitrogen functional groups attached to an aromatic ring is 2. The maximum Gasteiger partial charge on any atom is 0.325 e. The number of aromatic nitrogens is 10. The van der Waals surface area contributed by atoms with Gasteiger partial charge in [0.25, 0.3) is 0 Å². The second-order valence-corrected chi connectivity index (χ2v) is 21.5. The zero-order valence-corrected chi connectivity index (χ0v) is 51.4. The molecule has 12 rings (SSSR count). The summed E-state index contributed by atoms with van der Waals surface area (Å²) in [5, 5.41) is 27.9. The number of amides is 3. The molecule has 2 saturated heterocycles. The number of nitrogens with zero attached hydrogens (tertiary/aromatic N) is 11. The van der Waals surface area contributed by atoms with Gasteiger partial charge < -0.3 is 37.4 Å². The van der Waals surface area contributed by atoms with E-state index < -0.39 is 12.0 Å². The highest BCUT2D eigenvalue weighted by atomic mass is 79.9. The number of aliphatic carboxylic acids is 1. The Hall–Kier alpha value is -7.34. The fourth-order valence-corrected chi connectivity index (χ4v) is 10.8. The number of hydrogen-bond acceptors (Lipinski definition) is 19. The molecule has 0 spiro atoms. The maximum atomic E-state index is 13.6. The Morgan fingerprint density at radius 1 is 0.663 bits per heavy atom. The Balaban J connectivity index is 0.000000191. The van der Waals surface area contributed by atoms with Crippen LogP contribution in [0.4, 0.5) is 23.5 Å². The lowest BCUT2D eigenvalue weighted by molar-refractivity contribution is -0.138. The van der Waals surface area contributed by atoms with Crippen LogP contribution in [0.15, 0.2) is 94.7 Å². The Morgan fingerprint density at radius 2 is 1.12 bits per heavy atom. The predicted octanol–water partition coefficient (Wildman–Crippen LogP) is 6.82. The molecule has 2 aliphatic carbocycles. The number of carboxylic acids is 1. The summed E-state index contributed by atoms with van der Waals surface area (Å²) in [5.41, 5.74) is 17.7. The van der Waals surface area contributed by atoms with Gasteiger partial charge in [-0.3, -0.25) is 38.1 Å². The van der Waals surface area contributed by atoms with Gasteiger partial charge in [0.05, 0.1) is 17.1 Å². The smallest absolute Gasteiger partial charge is 0.325 e. The van der Waals surface area contributed by atoms with Crippen molar-refractivity contribution in [2.45, 2.75) is 65.7 Å². The van der Waals surface area contributed by atoms with Crippen molar-refractivity contribution in [2.24, 2.45) is 23.7 Å². The average molecular weight is 1330 g/mol. The quantitative estimate of drug-likeness (QED) is 0.0539. The van der Waals surface area contributed by atoms with E-state index >= 15 is 0 Å². The molecule has 0 unspecified atom stereocenters. The van der Waals surface area contributed by atoms with Gasteiger partial charge in [0, 0.05) is 89.5 Å². The van der Waals surface area contributed by atoms with Crippen LogP contribution in [-0.2, 0) is 54.6 Å². The third-order valence-electron chi connectivity index (χ3n) is 14.4. The number of aryl methyl sites for hydroxylation is 2. The third-order valence-corrected chi connectivity index (χ3v) is 15.3. The molecule has 8 N–H and O–H groups in total. The van der Waals surface area contributed by atoms with E-state index in [1.807, 2.05) is 56.3 Å². The monoisotopic (exact) mass is 1330 g/mol. The number of carboxylic acid groups (broad SMARTS) is 1. The molecule has 2 aliphatic heterocycles. The summed E-state index contributed by atoms with van der Waals surface area (Å²) in [4.78, 5) is 100. The summed E-state index contributed by atoms with van der Waals surface area (Å²) in [7, 11) is 0. The molecule has 23 nitrogen and oxygen atoms in total. The van der Waals surface area contributed by atoms with E-state index in [2.05, 4.69) is 110 Å². The second kappa shape index (κ2) is 26.9. The molecule has 8 aromatic rings. The van der Waals surface area contributed by atoms with E-state index in [-0.39, 0.29) is 104 Å². The van der Waals surface area contributed by atoms with Gasteiger partial charge in [-0.2, -0.15) is 23.7 Å². The summed E-state index contributed by atoms with van der Waals surface area (Å²) >= 11 is 14.0. The Bertz CT molecular complexity index is 3800. The van der Waals surface area contributed by atoms with Crippen LogP contribution in [0.5, 0.6) is 0 Å². The fraction of sp³-hybridized carbons (Fsp3) is 0.296. The van der Waals surface area contributed by atoms with E-state index in [1.165, 1.54) is 29.6 Å². The molecule has 4 fully saturated rings. The molecule has 83 heavy (non-hydrogen) atoms. The summed E-state index contributed by atoms with van der Waals surface area (Å²) in [6.07, 6.45) is 8.50. The van der Waals surface area contributed by atoms with E-state index in [9.17, 15) is 28.8 Å². The second-order valence-electron chi connectivity index (χ2n) is 19.9. The number of nitrogens with two attached hydrogens (primary N) is 2. The van der Waals surface area contributed by atoms with Gasteiger partial charge in [-0.1, -0.05) is 24.3 Å². The number of pyridine rings is 2. The first-order valence-electron chi connectivity index (χ1n) is 25.3. The molecule has 4 aliphatic rings. The lowest BCUT2D eigenvalue weighted by Gasteiger charge is -2.27. The molecule has 2 saturated carbocycles. The van der Waals surface area contributed by atoms with Crippen molar-refractivity contribution in [3.8, 4) is 22.3 Å². The number of nitrogens with one attached hydrogen (secondary N) is 3. The number of likely N-dealkylation sites (tertiary alicyclic amines) is 1. The van der Waals surface area contributed by atoms with Gasteiger partial charge in [-0.25, -0.2) is 29.9 Å². The van der Waals surface area contributed by atoms with E-state index in [0.717, 1.165) is 56.9 Å². The summed E-state index contributed by atoms with van der Waals surface area (Å²) in [6.45, 7) is 7.75. The minimum Gasteiger partial charge on any atom is -0.480 e. The van der Waals surface area contributed by atoms with Gasteiger partial charge in [0.2, 0.25) is 29.6 Å². The molecule has 6 aromatic heterocycles. The molecule has 432 valence electrons. The van der Waals surface area contributed by atoms with Crippen LogP contribution >= 0.6 is 57.8 Å². The number of ketones is 2. The third kappa shape index (κ3) is 14.4. The van der Waals surface area contributed by atoms with Crippen LogP contribution in [0.2, 0.25) is 0 Å². The molecular formula is C54H55Br2ClN16O7S3. The largest absolute Gasteiger partial charge is 0.480 e. The summed E-state index contributed by atoms with van der Waals surface area (Å²) in [6, 6.07) is 17.7. The van der Waals surface area contributed by atoms with Crippen LogP contribution in [0.25, 0.3) is 44.1 Å². The Labute approximate surface area is 514 Å². The van der Waals surface area contributed by atoms with Crippen LogP contribution in [-0.4, -0.2) is 120 Å². The van der Waals surface area contributed by atoms with Crippen LogP contribution in [0.3, 0.4) is 0 Å². The van der Waals surface area contributed by atoms with Crippen molar-refractivity contribution in [1.29, 1.82) is 0 Å². The molecule has 0 bridgehead atoms. The van der Waals surface area contributed by atoms with Crippen molar-refractivity contribution < 1.29 is 33.9 Å². The number of fused-ring (bicyclic) bond motifs is 4. The first-order valence-corrected chi connectivity index (χ1v) is 28.2. The highest BCUT2D eigenvalue weighted by molar-refractivity contribution is 9.10. The molecular weight excluding hydrogens is 1280 g/mol. The van der Waals surface area contributed by atoms with E-state index in [4.69, 9.17) is 16.6 Å². The van der Waals surface area contributed by atoms with Crippen molar-refractivity contribution >= 4 is 161 Å². The summed E-state index contributed by atoms with van der Waals surface area (Å²) in [5.74, 6) is 1.28. The SMILES string of the molecule is CC(=O)c1nn(CC(=O)N2C[C@H]3C[C@H]3[C@H]2C(=O)Nc2nc(Br)ccc2C)c2ccc(-c3cnc(N)nc3)cc12.CC(=O)c1nn(CC(=O)O)c2ccc(-c3cnc(N)nc3)cc12.Cc1ccc(Br)nc1NC(=O)[C@H]1NC[C@H]2C[C@H]21.Cl.S.S=S. The maximum absolute atomic E-state index is 13.6. The van der Waals surface area contributed by atoms with Crippen molar-refractivity contribution in [3.05, 3.63) is 117 Å². The highest BCUT2D eigenvalue weighted by Crippen LogP contribution is 2.50. The molecule has 2 aromatic carbocycles. The minimum absolute atomic E-state index is 0. The first-order chi connectivity index (χ1) is 38.8. The van der Waals surface area contributed by atoms with Gasteiger partial charge in [-0.15, -0.1) is 12.4 Å². The number of halogens is 3. The summed E-state index contributed by atoms with van der Waals surface area (Å²) < 4.78 is 4.20. The van der Waals surface area contributed by atoms with E-state index in [0.29, 0.717) is 56.4 Å². The molecule has 6 atom stereocenters. The van der Waals surface area contributed by atoms with Crippen LogP contribution in [0, 0.1) is 37.5 Å². The number of carbonyl (C=O) groups excluding carboxylic acids is 5. The first kappa shape index (κ1) is 63.2. The topological polar surface area (TPSA) is 327 Å². The molecule has 0 radical (unpaired) electrons. The predicted molar refractivity (Wildman–Crippen MR) is 331 cm³/mol. The van der Waals surface area contributed by atoms with E-state index in [1.54, 1.807) is 47.9 Å². The number of anilines is 4. The number of Topliss-reactive ketones (excluding diaryl/α,β-unsaturated/α-hetero) is 2. The van der Waals surface area contributed by atoms with Gasteiger partial charge >= 0.3 is 5.97 Å². The standard InChI is InChI=1S/C27H25BrN8O3.C15H13N5O3.C12H14BrN3O.ClH.S2.H2S/c1-13-3-6-21(28)32-25(13)33-26(39)24-18-8-16(18)11-35(24)22(38)12-36-20-5-4-15(17-9-30-27(29)31-10-17)7-19(20)23(34-36)14(2)37;1-8(21)14-11-4-9(10-5-17-15(16)18-6-10)2-3-12(11)20(19-14)7-13(22)23;1-6-2-3-9(13)15-11(6)16-12(17)10-8-4-7(8)5-14-10;;1-2;/h3-7,9-10,16,18,24H,8,11-12H2,1-2H3,(H2,29,30,31)(H,32,33,39);2-6H,7H2,1H3,(H,22,23)(H2,16,17,18);2-3,7-8,10,14H,4-5H2,1H3,(H,15,16,17);1H;;1H2/t16-,18-,24+;;7-,8-,10+;;;/m1.1.../s1. The average Bonchev–Trinajstić information content (AvgIpc) is 3.97. The van der Waals surface area contributed by atoms with Gasteiger partial charge in [0.1, 0.15) is 51.4 Å². The van der Waals surface area contributed by atoms with Gasteiger partial charge in [0.15, 0.2) is 11.6 Å². The zero-order valence-electron chi connectivity index (χ0n) is 44.7. The number of benzene rings is 2. The van der Waals surface area contributed by atoms with Crippen molar-refractivity contribution in [3.63, 3.8) is 0 Å². The number of carbonyl (C=O) groups is 6. The minimum atomic E-state index is -1.03. The number of hydrogen-bond donors (Lipinski definition) is 6. The highest BCUT2D eigenvalue weighted by Gasteiger charge is 2.57. The normalized spacial score (nSPS) is 18.4. The molecule has 8 heterocycles. The lowest BCUT2D eigenvalue weighted by atomic mass is 10.0. The Kier molecular flexibility index (Phi) is 20.5. The van der Waals surface area contributed by atoms with Crippen LogP contribution in [0.1, 0.15) is 58.8 Å². The lowest BCUT2D eigenvalue weighted by Crippen LogP contribution is -2.47. The number of rotatable bonds is 12. The van der Waals surface area contributed by atoms with Crippen molar-refractivity contribution in [2.75, 3.05) is 35.2 Å². The van der Waals surface area contributed by atoms with Gasteiger partial charge in [-0.05, 0) is 147 Å². The van der Waals surface area contributed by atoms with Crippen molar-refractivity contribution in [1.82, 2.24) is 59.7 Å².